The van der Waals surface area contributed by atoms with E-state index in [4.69, 9.17) is 4.74 Å². The van der Waals surface area contributed by atoms with Crippen LogP contribution in [0.4, 0.5) is 5.69 Å². The average Bonchev–Trinajstić information content (AvgIpc) is 3.15. The van der Waals surface area contributed by atoms with Crippen LogP contribution in [-0.2, 0) is 6.42 Å². The van der Waals surface area contributed by atoms with Gasteiger partial charge in [0.25, 0.3) is 0 Å². The maximum absolute atomic E-state index is 5.48. The summed E-state index contributed by atoms with van der Waals surface area (Å²) in [5, 5.41) is 1.21. The van der Waals surface area contributed by atoms with Gasteiger partial charge in [-0.25, -0.2) is 0 Å². The molecule has 2 heterocycles. The Morgan fingerprint density at radius 3 is 2.56 bits per heavy atom. The van der Waals surface area contributed by atoms with Crippen molar-refractivity contribution in [3.63, 3.8) is 0 Å². The highest BCUT2D eigenvalue weighted by atomic mass is 16.5. The summed E-state index contributed by atoms with van der Waals surface area (Å²) in [5.41, 5.74) is 3.88. The molecule has 130 valence electrons. The van der Waals surface area contributed by atoms with Crippen LogP contribution in [0.5, 0.6) is 5.75 Å². The quantitative estimate of drug-likeness (QED) is 0.774. The highest BCUT2D eigenvalue weighted by Crippen LogP contribution is 2.31. The van der Waals surface area contributed by atoms with Crippen LogP contribution in [0, 0.1) is 0 Å². The predicted octanol–water partition coefficient (Wildman–Crippen LogP) is 3.54. The van der Waals surface area contributed by atoms with Gasteiger partial charge in [0.1, 0.15) is 5.75 Å². The van der Waals surface area contributed by atoms with Crippen LogP contribution in [0.15, 0.2) is 54.7 Å². The Balaban J connectivity index is 1.41. The molecule has 0 saturated carbocycles. The Kier molecular flexibility index (Phi) is 4.61. The third-order valence-corrected chi connectivity index (χ3v) is 5.12. The molecule has 0 amide bonds. The zero-order valence-electron chi connectivity index (χ0n) is 14.7. The van der Waals surface area contributed by atoms with Crippen LogP contribution in [-0.4, -0.2) is 49.7 Å². The summed E-state index contributed by atoms with van der Waals surface area (Å²) in [6.07, 6.45) is 3.13. The molecule has 0 bridgehead atoms. The number of ether oxygens (including phenoxy) is 1. The van der Waals surface area contributed by atoms with Gasteiger partial charge in [-0.1, -0.05) is 30.3 Å². The van der Waals surface area contributed by atoms with Gasteiger partial charge >= 0.3 is 0 Å². The van der Waals surface area contributed by atoms with Crippen LogP contribution in [0.25, 0.3) is 10.9 Å². The highest BCUT2D eigenvalue weighted by Gasteiger charge is 2.19. The molecule has 4 nitrogen and oxygen atoms in total. The number of nitrogens with one attached hydrogen (secondary N) is 1. The Morgan fingerprint density at radius 2 is 1.80 bits per heavy atom. The smallest absolute Gasteiger partial charge is 0.121 e. The molecule has 3 aromatic rings. The lowest BCUT2D eigenvalue weighted by Crippen LogP contribution is -2.47. The number of anilines is 1. The maximum atomic E-state index is 5.48. The topological polar surface area (TPSA) is 31.5 Å². The van der Waals surface area contributed by atoms with Crippen LogP contribution in [0.2, 0.25) is 0 Å². The van der Waals surface area contributed by atoms with Crippen molar-refractivity contribution in [3.8, 4) is 5.75 Å². The Labute approximate surface area is 149 Å². The number of methoxy groups -OCH3 is 1. The van der Waals surface area contributed by atoms with Gasteiger partial charge in [0, 0.05) is 50.4 Å². The molecule has 0 radical (unpaired) electrons. The first kappa shape index (κ1) is 16.0. The molecule has 4 rings (SSSR count). The van der Waals surface area contributed by atoms with Gasteiger partial charge in [-0.2, -0.15) is 0 Å². The highest BCUT2D eigenvalue weighted by molar-refractivity contribution is 5.93. The molecule has 25 heavy (non-hydrogen) atoms. The second-order valence-corrected chi connectivity index (χ2v) is 6.65. The molecular formula is C21H25N3O. The summed E-state index contributed by atoms with van der Waals surface area (Å²) in [6, 6.07) is 17.1. The fourth-order valence-electron chi connectivity index (χ4n) is 3.64. The molecule has 2 aromatic carbocycles. The largest absolute Gasteiger partial charge is 0.497 e. The van der Waals surface area contributed by atoms with Crippen molar-refractivity contribution in [1.82, 2.24) is 9.88 Å². The summed E-state index contributed by atoms with van der Waals surface area (Å²) in [4.78, 5) is 8.42. The van der Waals surface area contributed by atoms with Crippen molar-refractivity contribution in [2.75, 3.05) is 44.7 Å². The molecule has 1 aliphatic heterocycles. The summed E-state index contributed by atoms with van der Waals surface area (Å²) in [7, 11) is 1.74. The molecule has 0 spiro atoms. The Bertz CT molecular complexity index is 820. The molecule has 0 aliphatic carbocycles. The maximum Gasteiger partial charge on any atom is 0.121 e. The van der Waals surface area contributed by atoms with Crippen LogP contribution >= 0.6 is 0 Å². The van der Waals surface area contributed by atoms with E-state index in [-0.39, 0.29) is 0 Å². The van der Waals surface area contributed by atoms with E-state index in [0.717, 1.165) is 44.9 Å². The van der Waals surface area contributed by atoms with Gasteiger partial charge in [-0.05, 0) is 24.1 Å². The standard InChI is InChI=1S/C21H25N3O/c1-25-19-15-18-7-9-22-21(18)20(16-19)24-13-11-23(12-14-24)10-8-17-5-3-2-4-6-17/h2-7,9,15-16,22H,8,10-14H2,1H3. The van der Waals surface area contributed by atoms with Crippen LogP contribution in [0.3, 0.4) is 0 Å². The van der Waals surface area contributed by atoms with Crippen molar-refractivity contribution in [1.29, 1.82) is 0 Å². The lowest BCUT2D eigenvalue weighted by Gasteiger charge is -2.36. The summed E-state index contributed by atoms with van der Waals surface area (Å²) in [5.74, 6) is 0.925. The number of hydrogen-bond acceptors (Lipinski definition) is 3. The third kappa shape index (κ3) is 3.49. The average molecular weight is 335 g/mol. The number of rotatable bonds is 5. The van der Waals surface area contributed by atoms with Gasteiger partial charge in [-0.3, -0.25) is 4.90 Å². The number of benzene rings is 2. The molecule has 4 heteroatoms. The first-order chi connectivity index (χ1) is 12.3. The molecule has 1 N–H and O–H groups in total. The zero-order valence-corrected chi connectivity index (χ0v) is 14.7. The van der Waals surface area contributed by atoms with Crippen LogP contribution in [0.1, 0.15) is 5.56 Å². The van der Waals surface area contributed by atoms with E-state index in [0.29, 0.717) is 0 Å². The van der Waals surface area contributed by atoms with E-state index in [2.05, 4.69) is 63.3 Å². The van der Waals surface area contributed by atoms with E-state index in [1.54, 1.807) is 7.11 Å². The lowest BCUT2D eigenvalue weighted by atomic mass is 10.1. The van der Waals surface area contributed by atoms with Crippen molar-refractivity contribution in [2.24, 2.45) is 0 Å². The first-order valence-corrected chi connectivity index (χ1v) is 9.00. The van der Waals surface area contributed by atoms with Crippen molar-refractivity contribution in [2.45, 2.75) is 6.42 Å². The number of hydrogen-bond donors (Lipinski definition) is 1. The monoisotopic (exact) mass is 335 g/mol. The molecule has 0 atom stereocenters. The number of fused-ring (bicyclic) bond motifs is 1. The number of aromatic nitrogens is 1. The molecule has 1 saturated heterocycles. The van der Waals surface area contributed by atoms with Gasteiger partial charge in [-0.15, -0.1) is 0 Å². The summed E-state index contributed by atoms with van der Waals surface area (Å²) >= 11 is 0. The van der Waals surface area contributed by atoms with E-state index in [9.17, 15) is 0 Å². The molecule has 1 aromatic heterocycles. The molecule has 0 unspecified atom stereocenters. The normalized spacial score (nSPS) is 15.6. The minimum absolute atomic E-state index is 0.925. The SMILES string of the molecule is COc1cc(N2CCN(CCc3ccccc3)CC2)c2[nH]ccc2c1. The fraction of sp³-hybridized carbons (Fsp3) is 0.333. The number of nitrogens with zero attached hydrogens (tertiary/aromatic N) is 2. The summed E-state index contributed by atoms with van der Waals surface area (Å²) < 4.78 is 5.48. The Hall–Kier alpha value is -2.46. The number of H-pyrrole nitrogens is 1. The Morgan fingerprint density at radius 1 is 1.00 bits per heavy atom. The van der Waals surface area contributed by atoms with Crippen molar-refractivity contribution < 1.29 is 4.74 Å². The second-order valence-electron chi connectivity index (χ2n) is 6.65. The summed E-state index contributed by atoms with van der Waals surface area (Å²) in [6.45, 7) is 5.44. The molecular weight excluding hydrogens is 310 g/mol. The number of aromatic amines is 1. The van der Waals surface area contributed by atoms with E-state index < -0.39 is 0 Å². The minimum atomic E-state index is 0.925. The molecule has 1 fully saturated rings. The van der Waals surface area contributed by atoms with E-state index in [1.807, 2.05) is 6.20 Å². The zero-order chi connectivity index (χ0) is 17.1. The fourth-order valence-corrected chi connectivity index (χ4v) is 3.64. The van der Waals surface area contributed by atoms with E-state index in [1.165, 1.54) is 22.2 Å². The second kappa shape index (κ2) is 7.19. The van der Waals surface area contributed by atoms with Crippen molar-refractivity contribution in [3.05, 3.63) is 60.3 Å². The first-order valence-electron chi connectivity index (χ1n) is 9.00. The number of piperazine rings is 1. The van der Waals surface area contributed by atoms with Gasteiger partial charge in [0.2, 0.25) is 0 Å². The van der Waals surface area contributed by atoms with E-state index >= 15 is 0 Å². The molecule has 1 aliphatic rings. The minimum Gasteiger partial charge on any atom is -0.497 e. The van der Waals surface area contributed by atoms with Crippen molar-refractivity contribution >= 4 is 16.6 Å². The third-order valence-electron chi connectivity index (χ3n) is 5.12. The van der Waals surface area contributed by atoms with Gasteiger partial charge in [0.05, 0.1) is 18.3 Å². The van der Waals surface area contributed by atoms with Crippen LogP contribution < -0.4 is 9.64 Å². The van der Waals surface area contributed by atoms with Gasteiger partial charge < -0.3 is 14.6 Å². The van der Waals surface area contributed by atoms with Gasteiger partial charge in [0.15, 0.2) is 0 Å². The lowest BCUT2D eigenvalue weighted by molar-refractivity contribution is 0.261. The predicted molar refractivity (Wildman–Crippen MR) is 104 cm³/mol.